The molecule has 0 amide bonds. The van der Waals surface area contributed by atoms with Gasteiger partial charge in [-0.2, -0.15) is 0 Å². The summed E-state index contributed by atoms with van der Waals surface area (Å²) >= 11 is 5.63. The first-order valence-corrected chi connectivity index (χ1v) is 3.97. The van der Waals surface area contributed by atoms with Crippen molar-refractivity contribution in [2.45, 2.75) is 19.3 Å². The summed E-state index contributed by atoms with van der Waals surface area (Å²) in [6.45, 7) is 0.897. The Morgan fingerprint density at radius 2 is 2.08 bits per heavy atom. The van der Waals surface area contributed by atoms with E-state index in [2.05, 4.69) is 0 Å². The standard InChI is InChI=1S/C9H9ClF2/c1-9(11,12)6-7-3-2-4-8(10)5-7/h2-5H,6H2,1H3. The Morgan fingerprint density at radius 3 is 2.58 bits per heavy atom. The van der Waals surface area contributed by atoms with Crippen LogP contribution in [0.4, 0.5) is 8.78 Å². The summed E-state index contributed by atoms with van der Waals surface area (Å²) in [7, 11) is 0. The molecule has 0 aliphatic heterocycles. The Labute approximate surface area is 75.2 Å². The van der Waals surface area contributed by atoms with Gasteiger partial charge in [-0.1, -0.05) is 23.7 Å². The van der Waals surface area contributed by atoms with Crippen molar-refractivity contribution in [3.63, 3.8) is 0 Å². The SMILES string of the molecule is CC(F)(F)Cc1cccc(Cl)c1. The minimum Gasteiger partial charge on any atom is -0.207 e. The summed E-state index contributed by atoms with van der Waals surface area (Å²) in [5, 5.41) is 0.497. The zero-order chi connectivity index (χ0) is 9.19. The summed E-state index contributed by atoms with van der Waals surface area (Å²) in [5.74, 6) is -2.66. The van der Waals surface area contributed by atoms with Gasteiger partial charge in [0.2, 0.25) is 5.92 Å². The average Bonchev–Trinajstić information content (AvgIpc) is 1.82. The van der Waals surface area contributed by atoms with E-state index < -0.39 is 5.92 Å². The van der Waals surface area contributed by atoms with Gasteiger partial charge >= 0.3 is 0 Å². The summed E-state index contributed by atoms with van der Waals surface area (Å²) in [5.41, 5.74) is 0.565. The molecule has 0 N–H and O–H groups in total. The maximum atomic E-state index is 12.5. The lowest BCUT2D eigenvalue weighted by Crippen LogP contribution is -2.13. The van der Waals surface area contributed by atoms with Gasteiger partial charge in [-0.3, -0.25) is 0 Å². The molecule has 0 aliphatic carbocycles. The number of hydrogen-bond donors (Lipinski definition) is 0. The molecule has 0 aromatic heterocycles. The Morgan fingerprint density at radius 1 is 1.42 bits per heavy atom. The predicted octanol–water partition coefficient (Wildman–Crippen LogP) is 3.54. The van der Waals surface area contributed by atoms with Crippen LogP contribution in [0.3, 0.4) is 0 Å². The molecule has 1 aromatic rings. The fourth-order valence-electron chi connectivity index (χ4n) is 1.01. The predicted molar refractivity (Wildman–Crippen MR) is 45.8 cm³/mol. The quantitative estimate of drug-likeness (QED) is 0.669. The molecule has 0 atom stereocenters. The van der Waals surface area contributed by atoms with Crippen LogP contribution in [-0.4, -0.2) is 5.92 Å². The van der Waals surface area contributed by atoms with Crippen LogP contribution < -0.4 is 0 Å². The van der Waals surface area contributed by atoms with Crippen molar-refractivity contribution in [2.24, 2.45) is 0 Å². The molecule has 0 bridgehead atoms. The second-order valence-electron chi connectivity index (χ2n) is 2.88. The van der Waals surface area contributed by atoms with E-state index in [4.69, 9.17) is 11.6 Å². The van der Waals surface area contributed by atoms with Crippen molar-refractivity contribution in [3.8, 4) is 0 Å². The zero-order valence-electron chi connectivity index (χ0n) is 6.65. The molecule has 0 spiro atoms. The molecule has 0 fully saturated rings. The lowest BCUT2D eigenvalue weighted by Gasteiger charge is -2.09. The summed E-state index contributed by atoms with van der Waals surface area (Å²) in [6, 6.07) is 6.53. The van der Waals surface area contributed by atoms with Crippen LogP contribution >= 0.6 is 11.6 Å². The van der Waals surface area contributed by atoms with Crippen molar-refractivity contribution in [1.29, 1.82) is 0 Å². The van der Waals surface area contributed by atoms with Gasteiger partial charge in [0.15, 0.2) is 0 Å². The molecule has 12 heavy (non-hydrogen) atoms. The van der Waals surface area contributed by atoms with Crippen molar-refractivity contribution in [1.82, 2.24) is 0 Å². The van der Waals surface area contributed by atoms with E-state index >= 15 is 0 Å². The van der Waals surface area contributed by atoms with Crippen LogP contribution in [0.25, 0.3) is 0 Å². The highest BCUT2D eigenvalue weighted by Gasteiger charge is 2.21. The average molecular weight is 191 g/mol. The van der Waals surface area contributed by atoms with Crippen LogP contribution in [0.5, 0.6) is 0 Å². The molecule has 0 unspecified atom stereocenters. The zero-order valence-corrected chi connectivity index (χ0v) is 7.41. The number of halogens is 3. The molecule has 0 aliphatic rings. The molecule has 1 aromatic carbocycles. The monoisotopic (exact) mass is 190 g/mol. The largest absolute Gasteiger partial charge is 0.249 e. The highest BCUT2D eigenvalue weighted by Crippen LogP contribution is 2.20. The summed E-state index contributed by atoms with van der Waals surface area (Å²) in [4.78, 5) is 0. The maximum Gasteiger partial charge on any atom is 0.249 e. The van der Waals surface area contributed by atoms with Crippen LogP contribution in [0, 0.1) is 0 Å². The second-order valence-corrected chi connectivity index (χ2v) is 3.31. The Hall–Kier alpha value is -0.630. The fraction of sp³-hybridized carbons (Fsp3) is 0.333. The lowest BCUT2D eigenvalue weighted by atomic mass is 10.1. The third kappa shape index (κ3) is 3.18. The van der Waals surface area contributed by atoms with Crippen LogP contribution in [0.15, 0.2) is 24.3 Å². The first-order chi connectivity index (χ1) is 5.47. The van der Waals surface area contributed by atoms with Gasteiger partial charge in [0.1, 0.15) is 0 Å². The first-order valence-electron chi connectivity index (χ1n) is 3.60. The van der Waals surface area contributed by atoms with Crippen molar-refractivity contribution in [3.05, 3.63) is 34.9 Å². The highest BCUT2D eigenvalue weighted by atomic mass is 35.5. The molecule has 0 saturated heterocycles. The van der Waals surface area contributed by atoms with Crippen LogP contribution in [0.2, 0.25) is 5.02 Å². The van der Waals surface area contributed by atoms with Crippen molar-refractivity contribution >= 4 is 11.6 Å². The van der Waals surface area contributed by atoms with Crippen molar-refractivity contribution in [2.75, 3.05) is 0 Å². The number of benzene rings is 1. The van der Waals surface area contributed by atoms with E-state index in [0.717, 1.165) is 6.92 Å². The van der Waals surface area contributed by atoms with E-state index in [1.165, 1.54) is 0 Å². The number of alkyl halides is 2. The molecule has 0 heterocycles. The summed E-state index contributed by atoms with van der Waals surface area (Å²) < 4.78 is 25.0. The van der Waals surface area contributed by atoms with E-state index in [-0.39, 0.29) is 6.42 Å². The Balaban J connectivity index is 2.77. The molecule has 3 heteroatoms. The maximum absolute atomic E-state index is 12.5. The molecule has 66 valence electrons. The van der Waals surface area contributed by atoms with E-state index in [0.29, 0.717) is 10.6 Å². The smallest absolute Gasteiger partial charge is 0.207 e. The molecule has 1 rings (SSSR count). The van der Waals surface area contributed by atoms with Gasteiger partial charge in [0, 0.05) is 11.4 Å². The van der Waals surface area contributed by atoms with Crippen LogP contribution in [-0.2, 0) is 6.42 Å². The van der Waals surface area contributed by atoms with E-state index in [1.54, 1.807) is 24.3 Å². The molecular weight excluding hydrogens is 182 g/mol. The number of rotatable bonds is 2. The minimum absolute atomic E-state index is 0.256. The van der Waals surface area contributed by atoms with Gasteiger partial charge < -0.3 is 0 Å². The highest BCUT2D eigenvalue weighted by molar-refractivity contribution is 6.30. The number of hydrogen-bond acceptors (Lipinski definition) is 0. The third-order valence-electron chi connectivity index (χ3n) is 1.40. The molecular formula is C9H9ClF2. The molecule has 0 radical (unpaired) electrons. The topological polar surface area (TPSA) is 0 Å². The van der Waals surface area contributed by atoms with E-state index in [9.17, 15) is 8.78 Å². The minimum atomic E-state index is -2.66. The van der Waals surface area contributed by atoms with Crippen molar-refractivity contribution < 1.29 is 8.78 Å². The van der Waals surface area contributed by atoms with E-state index in [1.807, 2.05) is 0 Å². The normalized spacial score (nSPS) is 11.7. The summed E-state index contributed by atoms with van der Waals surface area (Å²) in [6.07, 6.45) is -0.256. The van der Waals surface area contributed by atoms with Gasteiger partial charge in [0.25, 0.3) is 0 Å². The Kier molecular flexibility index (Phi) is 2.68. The molecule has 0 nitrogen and oxygen atoms in total. The first kappa shape index (κ1) is 9.46. The van der Waals surface area contributed by atoms with Crippen LogP contribution in [0.1, 0.15) is 12.5 Å². The molecule has 0 saturated carbocycles. The van der Waals surface area contributed by atoms with Gasteiger partial charge in [-0.15, -0.1) is 0 Å². The third-order valence-corrected chi connectivity index (χ3v) is 1.64. The second kappa shape index (κ2) is 3.40. The van der Waals surface area contributed by atoms with Gasteiger partial charge in [-0.05, 0) is 24.6 Å². The van der Waals surface area contributed by atoms with Gasteiger partial charge in [-0.25, -0.2) is 8.78 Å². The fourth-order valence-corrected chi connectivity index (χ4v) is 1.22. The Bertz CT molecular complexity index is 265. The van der Waals surface area contributed by atoms with Gasteiger partial charge in [0.05, 0.1) is 0 Å². The lowest BCUT2D eigenvalue weighted by molar-refractivity contribution is 0.0226.